The predicted molar refractivity (Wildman–Crippen MR) is 86.7 cm³/mol. The third-order valence-corrected chi connectivity index (χ3v) is 4.87. The lowest BCUT2D eigenvalue weighted by Gasteiger charge is -2.24. The molecule has 0 saturated heterocycles. The molecule has 0 spiro atoms. The van der Waals surface area contributed by atoms with Crippen molar-refractivity contribution in [1.82, 2.24) is 5.32 Å². The maximum Gasteiger partial charge on any atom is 0.246 e. The number of fused-ring (bicyclic) bond motifs is 1. The van der Waals surface area contributed by atoms with Crippen molar-refractivity contribution in [1.29, 1.82) is 0 Å². The zero-order valence-electron chi connectivity index (χ0n) is 13.2. The zero-order valence-corrected chi connectivity index (χ0v) is 13.2. The highest BCUT2D eigenvalue weighted by Gasteiger charge is 2.31. The minimum absolute atomic E-state index is 0.0124. The third kappa shape index (κ3) is 3.01. The molecule has 4 nitrogen and oxygen atoms in total. The standard InChI is InChI=1S/C18H24N2O2/c1-13-11-15-9-5-6-10-16(15)20(13)17(21)12-19-18(22)14-7-3-2-4-8-14/h5-6,9-10,13-14H,2-4,7-8,11-12H2,1H3,(H,19,22). The average molecular weight is 300 g/mol. The molecule has 1 aliphatic carbocycles. The topological polar surface area (TPSA) is 49.4 Å². The van der Waals surface area contributed by atoms with Crippen LogP contribution in [0.3, 0.4) is 0 Å². The fourth-order valence-corrected chi connectivity index (χ4v) is 3.70. The first-order valence-corrected chi connectivity index (χ1v) is 8.34. The van der Waals surface area contributed by atoms with Gasteiger partial charge in [0.05, 0.1) is 6.54 Å². The summed E-state index contributed by atoms with van der Waals surface area (Å²) in [6.45, 7) is 2.16. The summed E-state index contributed by atoms with van der Waals surface area (Å²) in [5, 5.41) is 2.85. The lowest BCUT2D eigenvalue weighted by Crippen LogP contribution is -2.44. The molecule has 1 fully saturated rings. The molecule has 1 aliphatic heterocycles. The number of anilines is 1. The van der Waals surface area contributed by atoms with Crippen molar-refractivity contribution in [3.8, 4) is 0 Å². The summed E-state index contributed by atoms with van der Waals surface area (Å²) in [5.74, 6) is 0.139. The summed E-state index contributed by atoms with van der Waals surface area (Å²) < 4.78 is 0. The van der Waals surface area contributed by atoms with Gasteiger partial charge in [-0.05, 0) is 37.8 Å². The summed E-state index contributed by atoms with van der Waals surface area (Å²) in [6, 6.07) is 8.18. The number of nitrogens with zero attached hydrogens (tertiary/aromatic N) is 1. The van der Waals surface area contributed by atoms with Crippen molar-refractivity contribution in [3.63, 3.8) is 0 Å². The Balaban J connectivity index is 1.59. The van der Waals surface area contributed by atoms with Crippen LogP contribution in [0.4, 0.5) is 5.69 Å². The van der Waals surface area contributed by atoms with Crippen LogP contribution in [0, 0.1) is 5.92 Å². The first-order chi connectivity index (χ1) is 10.7. The van der Waals surface area contributed by atoms with Crippen LogP contribution in [0.1, 0.15) is 44.6 Å². The fourth-order valence-electron chi connectivity index (χ4n) is 3.70. The smallest absolute Gasteiger partial charge is 0.246 e. The van der Waals surface area contributed by atoms with Crippen molar-refractivity contribution >= 4 is 17.5 Å². The minimum atomic E-state index is -0.0124. The van der Waals surface area contributed by atoms with Gasteiger partial charge in [0.15, 0.2) is 0 Å². The van der Waals surface area contributed by atoms with Crippen molar-refractivity contribution in [2.45, 2.75) is 51.5 Å². The number of carbonyl (C=O) groups excluding carboxylic acids is 2. The summed E-state index contributed by atoms with van der Waals surface area (Å²) in [6.07, 6.45) is 6.29. The van der Waals surface area contributed by atoms with E-state index in [-0.39, 0.29) is 30.3 Å². The number of hydrogen-bond acceptors (Lipinski definition) is 2. The molecule has 2 aliphatic rings. The molecule has 0 aromatic heterocycles. The molecule has 0 bridgehead atoms. The van der Waals surface area contributed by atoms with Crippen LogP contribution in [-0.2, 0) is 16.0 Å². The summed E-state index contributed by atoms with van der Waals surface area (Å²) in [5.41, 5.74) is 2.20. The minimum Gasteiger partial charge on any atom is -0.347 e. The molecule has 2 amide bonds. The molecule has 1 saturated carbocycles. The maximum absolute atomic E-state index is 12.5. The van der Waals surface area contributed by atoms with Crippen LogP contribution < -0.4 is 10.2 Å². The van der Waals surface area contributed by atoms with E-state index < -0.39 is 0 Å². The number of rotatable bonds is 3. The lowest BCUT2D eigenvalue weighted by atomic mass is 9.89. The molecule has 1 aromatic rings. The predicted octanol–water partition coefficient (Wildman–Crippen LogP) is 2.66. The van der Waals surface area contributed by atoms with E-state index >= 15 is 0 Å². The molecule has 22 heavy (non-hydrogen) atoms. The second-order valence-corrected chi connectivity index (χ2v) is 6.50. The van der Waals surface area contributed by atoms with Crippen LogP contribution in [0.15, 0.2) is 24.3 Å². The quantitative estimate of drug-likeness (QED) is 0.933. The van der Waals surface area contributed by atoms with Gasteiger partial charge in [0.2, 0.25) is 11.8 Å². The van der Waals surface area contributed by atoms with Gasteiger partial charge in [-0.25, -0.2) is 0 Å². The zero-order chi connectivity index (χ0) is 15.5. The average Bonchev–Trinajstić information content (AvgIpc) is 2.89. The van der Waals surface area contributed by atoms with Gasteiger partial charge in [0.25, 0.3) is 0 Å². The first-order valence-electron chi connectivity index (χ1n) is 8.34. The Kier molecular flexibility index (Phi) is 4.46. The van der Waals surface area contributed by atoms with Gasteiger partial charge in [0, 0.05) is 17.6 Å². The highest BCUT2D eigenvalue weighted by molar-refractivity contribution is 5.99. The molecule has 1 N–H and O–H groups in total. The van der Waals surface area contributed by atoms with E-state index in [0.717, 1.165) is 37.8 Å². The van der Waals surface area contributed by atoms with Crippen LogP contribution in [0.25, 0.3) is 0 Å². The molecule has 1 atom stereocenters. The normalized spacial score (nSPS) is 21.5. The van der Waals surface area contributed by atoms with E-state index in [2.05, 4.69) is 18.3 Å². The van der Waals surface area contributed by atoms with Gasteiger partial charge in [-0.3, -0.25) is 9.59 Å². The van der Waals surface area contributed by atoms with Gasteiger partial charge >= 0.3 is 0 Å². The Morgan fingerprint density at radius 3 is 2.68 bits per heavy atom. The Hall–Kier alpha value is -1.84. The van der Waals surface area contributed by atoms with Crippen LogP contribution in [-0.4, -0.2) is 24.4 Å². The summed E-state index contributed by atoms with van der Waals surface area (Å²) in [7, 11) is 0. The second kappa shape index (κ2) is 6.51. The van der Waals surface area contributed by atoms with E-state index in [1.807, 2.05) is 23.1 Å². The van der Waals surface area contributed by atoms with Gasteiger partial charge in [-0.1, -0.05) is 37.5 Å². The van der Waals surface area contributed by atoms with Crippen molar-refractivity contribution in [2.24, 2.45) is 5.92 Å². The van der Waals surface area contributed by atoms with Crippen LogP contribution in [0.2, 0.25) is 0 Å². The van der Waals surface area contributed by atoms with Gasteiger partial charge in [-0.15, -0.1) is 0 Å². The molecule has 118 valence electrons. The van der Waals surface area contributed by atoms with Crippen molar-refractivity contribution in [2.75, 3.05) is 11.4 Å². The molecule has 1 heterocycles. The van der Waals surface area contributed by atoms with Crippen molar-refractivity contribution in [3.05, 3.63) is 29.8 Å². The number of nitrogens with one attached hydrogen (secondary N) is 1. The maximum atomic E-state index is 12.5. The SMILES string of the molecule is CC1Cc2ccccc2N1C(=O)CNC(=O)C1CCCCC1. The number of hydrogen-bond donors (Lipinski definition) is 1. The van der Waals surface area contributed by atoms with E-state index in [0.29, 0.717) is 0 Å². The Morgan fingerprint density at radius 2 is 1.91 bits per heavy atom. The Labute approximate surface area is 131 Å². The fraction of sp³-hybridized carbons (Fsp3) is 0.556. The molecule has 1 unspecified atom stereocenters. The highest BCUT2D eigenvalue weighted by Crippen LogP contribution is 2.31. The molecule has 4 heteroatoms. The van der Waals surface area contributed by atoms with Gasteiger partial charge in [-0.2, -0.15) is 0 Å². The Morgan fingerprint density at radius 1 is 1.18 bits per heavy atom. The van der Waals surface area contributed by atoms with Gasteiger partial charge in [0.1, 0.15) is 0 Å². The largest absolute Gasteiger partial charge is 0.347 e. The molecular weight excluding hydrogens is 276 g/mol. The van der Waals surface area contributed by atoms with Crippen LogP contribution in [0.5, 0.6) is 0 Å². The molecule has 0 radical (unpaired) electrons. The number of para-hydroxylation sites is 1. The summed E-state index contributed by atoms with van der Waals surface area (Å²) >= 11 is 0. The molecule has 1 aromatic carbocycles. The number of carbonyl (C=O) groups is 2. The van der Waals surface area contributed by atoms with E-state index in [9.17, 15) is 9.59 Å². The third-order valence-electron chi connectivity index (χ3n) is 4.87. The van der Waals surface area contributed by atoms with E-state index in [1.165, 1.54) is 12.0 Å². The van der Waals surface area contributed by atoms with E-state index in [1.54, 1.807) is 0 Å². The van der Waals surface area contributed by atoms with Gasteiger partial charge < -0.3 is 10.2 Å². The van der Waals surface area contributed by atoms with Crippen molar-refractivity contribution < 1.29 is 9.59 Å². The molecule has 3 rings (SSSR count). The summed E-state index contributed by atoms with van der Waals surface area (Å²) in [4.78, 5) is 26.5. The highest BCUT2D eigenvalue weighted by atomic mass is 16.2. The van der Waals surface area contributed by atoms with Crippen LogP contribution >= 0.6 is 0 Å². The number of benzene rings is 1. The lowest BCUT2D eigenvalue weighted by molar-refractivity contribution is -0.128. The molecular formula is C18H24N2O2. The van der Waals surface area contributed by atoms with E-state index in [4.69, 9.17) is 0 Å². The number of amides is 2. The monoisotopic (exact) mass is 300 g/mol. The second-order valence-electron chi connectivity index (χ2n) is 6.50. The first kappa shape index (κ1) is 15.1. The Bertz CT molecular complexity index is 564.